The minimum atomic E-state index is -0.898. The van der Waals surface area contributed by atoms with Gasteiger partial charge < -0.3 is 10.1 Å². The lowest BCUT2D eigenvalue weighted by molar-refractivity contribution is -0.154. The number of esters is 1. The quantitative estimate of drug-likeness (QED) is 0.319. The molecular formula is C9H16N4O3. The summed E-state index contributed by atoms with van der Waals surface area (Å²) in [5, 5.41) is 5.91. The first kappa shape index (κ1) is 14.2. The molecule has 0 fully saturated rings. The van der Waals surface area contributed by atoms with Crippen LogP contribution in [0.15, 0.2) is 5.11 Å². The molecule has 0 saturated heterocycles. The summed E-state index contributed by atoms with van der Waals surface area (Å²) in [4.78, 5) is 24.9. The first-order chi connectivity index (χ1) is 7.47. The van der Waals surface area contributed by atoms with Gasteiger partial charge in [-0.2, -0.15) is 0 Å². The summed E-state index contributed by atoms with van der Waals surface area (Å²) in [6, 6.07) is -0.0370. The molecule has 0 spiro atoms. The van der Waals surface area contributed by atoms with E-state index < -0.39 is 12.1 Å². The fourth-order valence-electron chi connectivity index (χ4n) is 1.04. The van der Waals surface area contributed by atoms with E-state index in [0.717, 1.165) is 0 Å². The number of hydrogen-bond acceptors (Lipinski definition) is 4. The third-order valence-corrected chi connectivity index (χ3v) is 1.59. The van der Waals surface area contributed by atoms with Gasteiger partial charge in [0, 0.05) is 24.4 Å². The number of hydrogen-bond donors (Lipinski definition) is 1. The average Bonchev–Trinajstić information content (AvgIpc) is 2.14. The molecule has 16 heavy (non-hydrogen) atoms. The van der Waals surface area contributed by atoms with E-state index in [9.17, 15) is 9.59 Å². The minimum absolute atomic E-state index is 0.0370. The van der Waals surface area contributed by atoms with E-state index >= 15 is 0 Å². The molecule has 0 aliphatic carbocycles. The van der Waals surface area contributed by atoms with Crippen molar-refractivity contribution in [3.05, 3.63) is 10.4 Å². The van der Waals surface area contributed by atoms with Crippen molar-refractivity contribution < 1.29 is 14.3 Å². The number of carbonyl (C=O) groups excluding carboxylic acids is 2. The van der Waals surface area contributed by atoms with Crippen LogP contribution in [0, 0.1) is 0 Å². The summed E-state index contributed by atoms with van der Waals surface area (Å²) in [7, 11) is 0. The summed E-state index contributed by atoms with van der Waals surface area (Å²) in [5.41, 5.74) is 8.10. The van der Waals surface area contributed by atoms with Crippen LogP contribution in [-0.2, 0) is 14.3 Å². The smallest absolute Gasteiger partial charge is 0.303 e. The summed E-state index contributed by atoms with van der Waals surface area (Å²) in [6.45, 7) is 4.94. The molecule has 7 nitrogen and oxygen atoms in total. The van der Waals surface area contributed by atoms with Crippen LogP contribution < -0.4 is 5.32 Å². The molecule has 90 valence electrons. The summed E-state index contributed by atoms with van der Waals surface area (Å²) >= 11 is 0. The Labute approximate surface area is 93.8 Å². The Morgan fingerprint density at radius 3 is 2.56 bits per heavy atom. The highest BCUT2D eigenvalue weighted by atomic mass is 16.5. The van der Waals surface area contributed by atoms with Gasteiger partial charge in [0.15, 0.2) is 6.10 Å². The number of rotatable bonds is 6. The molecule has 0 aliphatic heterocycles. The Morgan fingerprint density at radius 2 is 2.12 bits per heavy atom. The molecule has 0 aromatic rings. The highest BCUT2D eigenvalue weighted by molar-refractivity contribution is 5.83. The fraction of sp³-hybridized carbons (Fsp3) is 0.778. The zero-order valence-electron chi connectivity index (χ0n) is 9.64. The summed E-state index contributed by atoms with van der Waals surface area (Å²) in [5.74, 6) is -0.914. The summed E-state index contributed by atoms with van der Waals surface area (Å²) in [6.07, 6.45) is -0.715. The van der Waals surface area contributed by atoms with Crippen LogP contribution in [-0.4, -0.2) is 30.6 Å². The second-order valence-corrected chi connectivity index (χ2v) is 3.50. The minimum Gasteiger partial charge on any atom is -0.452 e. The molecule has 0 unspecified atom stereocenters. The number of carbonyl (C=O) groups is 2. The van der Waals surface area contributed by atoms with Gasteiger partial charge in [-0.25, -0.2) is 0 Å². The third-order valence-electron chi connectivity index (χ3n) is 1.59. The Bertz CT molecular complexity index is 297. The molecule has 0 bridgehead atoms. The lowest BCUT2D eigenvalue weighted by atomic mass is 10.2. The van der Waals surface area contributed by atoms with Crippen LogP contribution in [0.25, 0.3) is 10.4 Å². The number of nitrogens with one attached hydrogen (secondary N) is 1. The molecule has 0 aliphatic rings. The zero-order chi connectivity index (χ0) is 12.6. The lowest BCUT2D eigenvalue weighted by Gasteiger charge is -2.17. The highest BCUT2D eigenvalue weighted by Crippen LogP contribution is 2.01. The number of nitrogens with zero attached hydrogens (tertiary/aromatic N) is 3. The third kappa shape index (κ3) is 6.67. The normalized spacial score (nSPS) is 11.5. The second-order valence-electron chi connectivity index (χ2n) is 3.50. The van der Waals surface area contributed by atoms with Gasteiger partial charge in [-0.15, -0.1) is 0 Å². The van der Waals surface area contributed by atoms with Crippen LogP contribution in [0.3, 0.4) is 0 Å². The maximum absolute atomic E-state index is 11.6. The van der Waals surface area contributed by atoms with Crippen LogP contribution in [0.1, 0.15) is 27.2 Å². The van der Waals surface area contributed by atoms with Crippen molar-refractivity contribution in [2.75, 3.05) is 6.54 Å². The first-order valence-electron chi connectivity index (χ1n) is 4.95. The van der Waals surface area contributed by atoms with E-state index in [2.05, 4.69) is 15.3 Å². The van der Waals surface area contributed by atoms with Crippen LogP contribution >= 0.6 is 0 Å². The maximum atomic E-state index is 11.6. The Kier molecular flexibility index (Phi) is 6.71. The average molecular weight is 228 g/mol. The van der Waals surface area contributed by atoms with E-state index in [4.69, 9.17) is 10.3 Å². The van der Waals surface area contributed by atoms with Gasteiger partial charge in [-0.1, -0.05) is 5.11 Å². The Hall–Kier alpha value is -1.75. The van der Waals surface area contributed by atoms with Crippen molar-refractivity contribution in [3.63, 3.8) is 0 Å². The van der Waals surface area contributed by atoms with Gasteiger partial charge >= 0.3 is 5.97 Å². The number of azide groups is 1. The van der Waals surface area contributed by atoms with Crippen molar-refractivity contribution >= 4 is 11.9 Å². The predicted molar refractivity (Wildman–Crippen MR) is 57.5 cm³/mol. The van der Waals surface area contributed by atoms with E-state index in [1.54, 1.807) is 13.8 Å². The monoisotopic (exact) mass is 228 g/mol. The largest absolute Gasteiger partial charge is 0.452 e. The molecule has 1 amide bonds. The second kappa shape index (κ2) is 7.53. The van der Waals surface area contributed by atoms with Crippen LogP contribution in [0.2, 0.25) is 0 Å². The lowest BCUT2D eigenvalue weighted by Crippen LogP contribution is -2.41. The molecule has 0 aromatic carbocycles. The molecule has 1 atom stereocenters. The van der Waals surface area contributed by atoms with Gasteiger partial charge in [0.25, 0.3) is 5.91 Å². The van der Waals surface area contributed by atoms with Crippen molar-refractivity contribution in [1.29, 1.82) is 0 Å². The highest BCUT2D eigenvalue weighted by Gasteiger charge is 2.21. The van der Waals surface area contributed by atoms with Crippen molar-refractivity contribution in [1.82, 2.24) is 5.32 Å². The van der Waals surface area contributed by atoms with Crippen molar-refractivity contribution in [2.24, 2.45) is 5.11 Å². The number of amides is 1. The van der Waals surface area contributed by atoms with Gasteiger partial charge in [0.1, 0.15) is 0 Å². The summed E-state index contributed by atoms with van der Waals surface area (Å²) < 4.78 is 4.83. The standard InChI is InChI=1S/C9H16N4O3/c1-6(2)12-9(15)8(16-7(3)14)4-5-11-13-10/h6,8H,4-5H2,1-3H3,(H,12,15)/t8-/m0/s1. The van der Waals surface area contributed by atoms with Crippen molar-refractivity contribution in [2.45, 2.75) is 39.3 Å². The molecule has 0 saturated carbocycles. The van der Waals surface area contributed by atoms with Crippen LogP contribution in [0.4, 0.5) is 0 Å². The van der Waals surface area contributed by atoms with E-state index in [-0.39, 0.29) is 24.9 Å². The molecule has 0 heterocycles. The molecule has 7 heteroatoms. The SMILES string of the molecule is CC(=O)O[C@@H](CCN=[N+]=[N-])C(=O)NC(C)C. The van der Waals surface area contributed by atoms with E-state index in [1.165, 1.54) is 6.92 Å². The molecule has 1 N–H and O–H groups in total. The van der Waals surface area contributed by atoms with Gasteiger partial charge in [0.05, 0.1) is 0 Å². The maximum Gasteiger partial charge on any atom is 0.303 e. The molecule has 0 rings (SSSR count). The first-order valence-corrected chi connectivity index (χ1v) is 4.95. The predicted octanol–water partition coefficient (Wildman–Crippen LogP) is 1.14. The van der Waals surface area contributed by atoms with Gasteiger partial charge in [-0.05, 0) is 25.8 Å². The topological polar surface area (TPSA) is 104 Å². The van der Waals surface area contributed by atoms with Crippen LogP contribution in [0.5, 0.6) is 0 Å². The Morgan fingerprint density at radius 1 is 1.50 bits per heavy atom. The number of ether oxygens (including phenoxy) is 1. The molecule has 0 radical (unpaired) electrons. The molecular weight excluding hydrogens is 212 g/mol. The Balaban J connectivity index is 4.33. The van der Waals surface area contributed by atoms with E-state index in [0.29, 0.717) is 0 Å². The van der Waals surface area contributed by atoms with Gasteiger partial charge in [-0.3, -0.25) is 9.59 Å². The van der Waals surface area contributed by atoms with E-state index in [1.807, 2.05) is 0 Å². The molecule has 0 aromatic heterocycles. The fourth-order valence-corrected chi connectivity index (χ4v) is 1.04. The van der Waals surface area contributed by atoms with Crippen molar-refractivity contribution in [3.8, 4) is 0 Å². The van der Waals surface area contributed by atoms with Gasteiger partial charge in [0.2, 0.25) is 0 Å². The zero-order valence-corrected chi connectivity index (χ0v) is 9.64.